The lowest BCUT2D eigenvalue weighted by Crippen LogP contribution is -2.22. The van der Waals surface area contributed by atoms with Gasteiger partial charge >= 0.3 is 0 Å². The molecule has 0 atom stereocenters. The Kier molecular flexibility index (Phi) is 1.89. The first-order valence-electron chi connectivity index (χ1n) is 3.36. The second kappa shape index (κ2) is 2.70. The fourth-order valence-electron chi connectivity index (χ4n) is 0.924. The van der Waals surface area contributed by atoms with E-state index < -0.39 is 0 Å². The molecule has 1 rings (SSSR count). The number of imide groups is 1. The van der Waals surface area contributed by atoms with Gasteiger partial charge in [-0.05, 0) is 13.8 Å². The van der Waals surface area contributed by atoms with E-state index >= 15 is 0 Å². The van der Waals surface area contributed by atoms with Crippen molar-refractivity contribution < 1.29 is 9.59 Å². The molecule has 0 unspecified atom stereocenters. The summed E-state index contributed by atoms with van der Waals surface area (Å²) < 4.78 is 0. The summed E-state index contributed by atoms with van der Waals surface area (Å²) in [6.45, 7) is 3.44. The van der Waals surface area contributed by atoms with Crippen LogP contribution in [-0.4, -0.2) is 11.8 Å². The van der Waals surface area contributed by atoms with E-state index in [1.165, 1.54) is 0 Å². The quantitative estimate of drug-likeness (QED) is 0.556. The molecular formula is C8H9NO2. The zero-order chi connectivity index (χ0) is 8.43. The first kappa shape index (κ1) is 7.72. The fraction of sp³-hybridized carbons (Fsp3) is 0.250. The third-order valence-corrected chi connectivity index (χ3v) is 1.55. The van der Waals surface area contributed by atoms with Crippen molar-refractivity contribution in [2.45, 2.75) is 13.8 Å². The van der Waals surface area contributed by atoms with Crippen molar-refractivity contribution in [2.24, 2.45) is 0 Å². The third-order valence-electron chi connectivity index (χ3n) is 1.55. The zero-order valence-corrected chi connectivity index (χ0v) is 6.47. The van der Waals surface area contributed by atoms with Crippen molar-refractivity contribution in [3.8, 4) is 0 Å². The minimum atomic E-state index is -0.300. The molecule has 2 amide bonds. The minimum Gasteiger partial charge on any atom is -0.288 e. The van der Waals surface area contributed by atoms with Crippen LogP contribution in [0.25, 0.3) is 0 Å². The molecule has 0 radical (unpaired) electrons. The summed E-state index contributed by atoms with van der Waals surface area (Å²) in [5, 5.41) is 2.20. The van der Waals surface area contributed by atoms with Crippen LogP contribution in [0.4, 0.5) is 0 Å². The minimum absolute atomic E-state index is 0.289. The number of hydrogen-bond donors (Lipinski definition) is 1. The average molecular weight is 151 g/mol. The first-order chi connectivity index (χ1) is 5.16. The van der Waals surface area contributed by atoms with E-state index in [1.54, 1.807) is 26.0 Å². The van der Waals surface area contributed by atoms with Gasteiger partial charge < -0.3 is 0 Å². The van der Waals surface area contributed by atoms with Gasteiger partial charge in [0.25, 0.3) is 11.8 Å². The number of rotatable bonds is 1. The topological polar surface area (TPSA) is 46.2 Å². The molecule has 11 heavy (non-hydrogen) atoms. The summed E-state index contributed by atoms with van der Waals surface area (Å²) in [7, 11) is 0. The molecule has 0 bridgehead atoms. The molecule has 3 nitrogen and oxygen atoms in total. The first-order valence-corrected chi connectivity index (χ1v) is 3.36. The van der Waals surface area contributed by atoms with Crippen LogP contribution < -0.4 is 5.32 Å². The highest BCUT2D eigenvalue weighted by Crippen LogP contribution is 2.12. The molecule has 0 aromatic rings. The smallest absolute Gasteiger partial charge is 0.258 e. The van der Waals surface area contributed by atoms with E-state index in [1.807, 2.05) is 0 Å². The normalized spacial score (nSPS) is 18.4. The molecule has 1 aliphatic rings. The molecule has 1 N–H and O–H groups in total. The summed E-state index contributed by atoms with van der Waals surface area (Å²) in [6, 6.07) is 0. The van der Waals surface area contributed by atoms with Crippen molar-refractivity contribution >= 4 is 11.8 Å². The number of hydrogen-bond acceptors (Lipinski definition) is 2. The monoisotopic (exact) mass is 151 g/mol. The predicted molar refractivity (Wildman–Crippen MR) is 40.7 cm³/mol. The van der Waals surface area contributed by atoms with Crippen LogP contribution in [0.15, 0.2) is 23.3 Å². The second-order valence-electron chi connectivity index (χ2n) is 2.32. The van der Waals surface area contributed by atoms with Crippen LogP contribution in [0, 0.1) is 0 Å². The summed E-state index contributed by atoms with van der Waals surface area (Å²) >= 11 is 0. The van der Waals surface area contributed by atoms with Gasteiger partial charge in [-0.3, -0.25) is 14.9 Å². The van der Waals surface area contributed by atoms with E-state index in [4.69, 9.17) is 0 Å². The van der Waals surface area contributed by atoms with E-state index in [2.05, 4.69) is 5.32 Å². The van der Waals surface area contributed by atoms with Gasteiger partial charge in [-0.15, -0.1) is 0 Å². The molecule has 3 heteroatoms. The maximum atomic E-state index is 10.9. The lowest BCUT2D eigenvalue weighted by molar-refractivity contribution is -0.124. The Morgan fingerprint density at radius 2 is 1.91 bits per heavy atom. The Morgan fingerprint density at radius 3 is 2.27 bits per heavy atom. The van der Waals surface area contributed by atoms with Gasteiger partial charge in [0.05, 0.1) is 0 Å². The molecule has 0 saturated heterocycles. The average Bonchev–Trinajstić information content (AvgIpc) is 2.17. The number of allylic oxidation sites excluding steroid dienone is 1. The van der Waals surface area contributed by atoms with Crippen LogP contribution >= 0.6 is 0 Å². The second-order valence-corrected chi connectivity index (χ2v) is 2.32. The van der Waals surface area contributed by atoms with Crippen LogP contribution in [0.3, 0.4) is 0 Å². The molecule has 58 valence electrons. The molecule has 0 spiro atoms. The summed E-state index contributed by atoms with van der Waals surface area (Å²) in [6.07, 6.45) is 3.37. The molecule has 0 aromatic carbocycles. The third kappa shape index (κ3) is 1.22. The Balaban J connectivity index is 3.06. The highest BCUT2D eigenvalue weighted by Gasteiger charge is 2.24. The van der Waals surface area contributed by atoms with Gasteiger partial charge in [-0.2, -0.15) is 0 Å². The van der Waals surface area contributed by atoms with Crippen molar-refractivity contribution in [1.82, 2.24) is 5.32 Å². The Labute approximate surface area is 64.8 Å². The predicted octanol–water partition coefficient (Wildman–Crippen LogP) is 0.535. The van der Waals surface area contributed by atoms with E-state index in [9.17, 15) is 9.59 Å². The van der Waals surface area contributed by atoms with Gasteiger partial charge in [-0.25, -0.2) is 0 Å². The number of nitrogens with one attached hydrogen (secondary N) is 1. The Morgan fingerprint density at radius 1 is 1.27 bits per heavy atom. The largest absolute Gasteiger partial charge is 0.288 e. The van der Waals surface area contributed by atoms with Crippen molar-refractivity contribution in [3.05, 3.63) is 23.3 Å². The molecule has 0 aliphatic carbocycles. The number of carbonyl (C=O) groups is 2. The van der Waals surface area contributed by atoms with Crippen LogP contribution in [-0.2, 0) is 9.59 Å². The van der Waals surface area contributed by atoms with Crippen molar-refractivity contribution in [2.75, 3.05) is 0 Å². The highest BCUT2D eigenvalue weighted by molar-refractivity contribution is 6.20. The number of amides is 2. The van der Waals surface area contributed by atoms with E-state index in [0.29, 0.717) is 11.1 Å². The molecule has 0 aromatic heterocycles. The van der Waals surface area contributed by atoms with Crippen LogP contribution in [0.2, 0.25) is 0 Å². The van der Waals surface area contributed by atoms with Gasteiger partial charge in [0.2, 0.25) is 0 Å². The van der Waals surface area contributed by atoms with Gasteiger partial charge in [0.15, 0.2) is 0 Å². The van der Waals surface area contributed by atoms with Gasteiger partial charge in [-0.1, -0.05) is 12.2 Å². The maximum Gasteiger partial charge on any atom is 0.258 e. The Hall–Kier alpha value is -1.38. The molecule has 0 saturated carbocycles. The van der Waals surface area contributed by atoms with Gasteiger partial charge in [0, 0.05) is 11.1 Å². The summed E-state index contributed by atoms with van der Waals surface area (Å²) in [4.78, 5) is 21.8. The number of carbonyl (C=O) groups excluding carboxylic acids is 2. The summed E-state index contributed by atoms with van der Waals surface area (Å²) in [5.41, 5.74) is 0.964. The van der Waals surface area contributed by atoms with Crippen molar-refractivity contribution in [1.29, 1.82) is 0 Å². The van der Waals surface area contributed by atoms with Gasteiger partial charge in [0.1, 0.15) is 0 Å². The molecule has 1 aliphatic heterocycles. The maximum absolute atomic E-state index is 10.9. The van der Waals surface area contributed by atoms with E-state index in [0.717, 1.165) is 0 Å². The lowest BCUT2D eigenvalue weighted by atomic mass is 10.1. The van der Waals surface area contributed by atoms with Crippen LogP contribution in [0.1, 0.15) is 13.8 Å². The molecular weight excluding hydrogens is 142 g/mol. The SMILES string of the molecule is C/C=C\C1=C(C)C(=O)NC1=O. The van der Waals surface area contributed by atoms with E-state index in [-0.39, 0.29) is 11.8 Å². The molecule has 0 fully saturated rings. The summed E-state index contributed by atoms with van der Waals surface area (Å²) in [5.74, 6) is -0.589. The zero-order valence-electron chi connectivity index (χ0n) is 6.47. The Bertz CT molecular complexity index is 274. The molecule has 1 heterocycles. The lowest BCUT2D eigenvalue weighted by Gasteiger charge is -1.87. The highest BCUT2D eigenvalue weighted by atomic mass is 16.2. The standard InChI is InChI=1S/C8H9NO2/c1-3-4-6-5(2)7(10)9-8(6)11/h3-4H,1-2H3,(H,9,10,11)/b4-3-. The van der Waals surface area contributed by atoms with Crippen LogP contribution in [0.5, 0.6) is 0 Å². The van der Waals surface area contributed by atoms with Crippen molar-refractivity contribution in [3.63, 3.8) is 0 Å². The fourth-order valence-corrected chi connectivity index (χ4v) is 0.924.